The fraction of sp³-hybridized carbons (Fsp3) is 0.542. The van der Waals surface area contributed by atoms with Gasteiger partial charge in [-0.3, -0.25) is 9.88 Å². The zero-order valence-electron chi connectivity index (χ0n) is 16.7. The first kappa shape index (κ1) is 19.2. The van der Waals surface area contributed by atoms with Crippen LogP contribution in [0.3, 0.4) is 0 Å². The van der Waals surface area contributed by atoms with Crippen molar-refractivity contribution in [3.8, 4) is 0 Å². The van der Waals surface area contributed by atoms with Gasteiger partial charge in [0.25, 0.3) is 0 Å². The molecule has 5 nitrogen and oxygen atoms in total. The summed E-state index contributed by atoms with van der Waals surface area (Å²) < 4.78 is 6.09. The smallest absolute Gasteiger partial charge is 0.109 e. The van der Waals surface area contributed by atoms with Gasteiger partial charge in [0.05, 0.1) is 30.6 Å². The average molecular weight is 395 g/mol. The minimum Gasteiger partial charge on any atom is -0.391 e. The van der Waals surface area contributed by atoms with Gasteiger partial charge >= 0.3 is 0 Å². The fourth-order valence-corrected chi connectivity index (χ4v) is 5.83. The Morgan fingerprint density at radius 2 is 1.76 bits per heavy atom. The Bertz CT molecular complexity index is 809. The van der Waals surface area contributed by atoms with E-state index in [4.69, 9.17) is 4.74 Å². The van der Waals surface area contributed by atoms with Crippen LogP contribution in [0.4, 0.5) is 0 Å². The van der Waals surface area contributed by atoms with Gasteiger partial charge in [0, 0.05) is 6.20 Å². The highest BCUT2D eigenvalue weighted by Crippen LogP contribution is 2.48. The van der Waals surface area contributed by atoms with Gasteiger partial charge in [-0.05, 0) is 68.3 Å². The molecule has 3 heterocycles. The molecule has 2 N–H and O–H groups in total. The van der Waals surface area contributed by atoms with Crippen LogP contribution in [0.5, 0.6) is 0 Å². The second-order valence-electron chi connectivity index (χ2n) is 8.95. The van der Waals surface area contributed by atoms with Gasteiger partial charge in [0.15, 0.2) is 0 Å². The van der Waals surface area contributed by atoms with Crippen LogP contribution >= 0.6 is 0 Å². The molecule has 5 rings (SSSR count). The van der Waals surface area contributed by atoms with E-state index in [-0.39, 0.29) is 24.7 Å². The maximum atomic E-state index is 11.6. The van der Waals surface area contributed by atoms with Crippen molar-refractivity contribution in [2.75, 3.05) is 19.7 Å². The first-order chi connectivity index (χ1) is 14.1. The molecule has 0 bridgehead atoms. The lowest BCUT2D eigenvalue weighted by atomic mass is 9.80. The van der Waals surface area contributed by atoms with Crippen LogP contribution in [0.1, 0.15) is 49.0 Å². The summed E-state index contributed by atoms with van der Waals surface area (Å²) in [4.78, 5) is 6.74. The number of ether oxygens (including phenoxy) is 1. The highest BCUT2D eigenvalue weighted by molar-refractivity contribution is 5.21. The second-order valence-corrected chi connectivity index (χ2v) is 8.95. The van der Waals surface area contributed by atoms with Crippen molar-refractivity contribution >= 4 is 0 Å². The zero-order chi connectivity index (χ0) is 19.8. The number of nitrogens with zero attached hydrogens (tertiary/aromatic N) is 2. The number of pyridine rings is 1. The molecule has 0 unspecified atom stereocenters. The maximum absolute atomic E-state index is 11.6. The van der Waals surface area contributed by atoms with E-state index in [1.807, 2.05) is 18.2 Å². The molecule has 5 heteroatoms. The molecule has 2 saturated heterocycles. The third-order valence-electron chi connectivity index (χ3n) is 7.34. The molecular weight excluding hydrogens is 364 g/mol. The average Bonchev–Trinajstić information content (AvgIpc) is 3.04. The minimum absolute atomic E-state index is 0.0371. The Morgan fingerprint density at radius 1 is 1.00 bits per heavy atom. The number of aromatic nitrogens is 1. The standard InChI is InChI=1S/C24H30N2O3/c27-21-14-19-15-22(20-8-4-5-11-25-20)29-16-24(19,28)23(21)26-12-9-18(10-13-26)17-6-2-1-3-7-17/h1-8,11,18-19,21-23,27-28H,9-10,12-16H2/t19-,21+,22-,23-,24-/m1/s1. The third-order valence-corrected chi connectivity index (χ3v) is 7.34. The molecule has 0 spiro atoms. The summed E-state index contributed by atoms with van der Waals surface area (Å²) in [5, 5.41) is 22.5. The maximum Gasteiger partial charge on any atom is 0.109 e. The summed E-state index contributed by atoms with van der Waals surface area (Å²) in [6.45, 7) is 2.07. The summed E-state index contributed by atoms with van der Waals surface area (Å²) in [6.07, 6.45) is 4.63. The lowest BCUT2D eigenvalue weighted by Gasteiger charge is -2.47. The number of fused-ring (bicyclic) bond motifs is 1. The molecule has 29 heavy (non-hydrogen) atoms. The molecule has 5 atom stereocenters. The van der Waals surface area contributed by atoms with E-state index in [2.05, 4.69) is 40.2 Å². The predicted molar refractivity (Wildman–Crippen MR) is 110 cm³/mol. The summed E-state index contributed by atoms with van der Waals surface area (Å²) in [6, 6.07) is 16.3. The summed E-state index contributed by atoms with van der Waals surface area (Å²) in [5.41, 5.74) is 1.33. The van der Waals surface area contributed by atoms with Crippen molar-refractivity contribution in [2.24, 2.45) is 5.92 Å². The van der Waals surface area contributed by atoms with Crippen LogP contribution < -0.4 is 0 Å². The first-order valence-electron chi connectivity index (χ1n) is 10.9. The van der Waals surface area contributed by atoms with E-state index in [1.165, 1.54) is 5.56 Å². The van der Waals surface area contributed by atoms with E-state index < -0.39 is 11.7 Å². The van der Waals surface area contributed by atoms with Gasteiger partial charge in [-0.15, -0.1) is 0 Å². The summed E-state index contributed by atoms with van der Waals surface area (Å²) >= 11 is 0. The Balaban J connectivity index is 1.27. The molecule has 0 amide bonds. The number of rotatable bonds is 3. The van der Waals surface area contributed by atoms with Crippen LogP contribution in [0, 0.1) is 5.92 Å². The molecule has 1 aromatic carbocycles. The molecule has 0 radical (unpaired) electrons. The van der Waals surface area contributed by atoms with E-state index in [0.29, 0.717) is 18.8 Å². The Kier molecular flexibility index (Phi) is 5.16. The SMILES string of the molecule is O[C@H]1C[C@@H]2C[C@H](c3ccccn3)OC[C@]2(O)[C@@H]1N1CCC(c2ccccc2)CC1. The molecule has 1 aromatic heterocycles. The Morgan fingerprint density at radius 3 is 2.48 bits per heavy atom. The zero-order valence-corrected chi connectivity index (χ0v) is 16.7. The largest absolute Gasteiger partial charge is 0.391 e. The number of benzene rings is 1. The molecular formula is C24H30N2O3. The van der Waals surface area contributed by atoms with Crippen LogP contribution in [-0.2, 0) is 4.74 Å². The van der Waals surface area contributed by atoms with Crippen LogP contribution in [0.15, 0.2) is 54.7 Å². The van der Waals surface area contributed by atoms with Gasteiger partial charge in [-0.1, -0.05) is 36.4 Å². The van der Waals surface area contributed by atoms with Crippen molar-refractivity contribution in [1.82, 2.24) is 9.88 Å². The van der Waals surface area contributed by atoms with Crippen LogP contribution in [0.25, 0.3) is 0 Å². The van der Waals surface area contributed by atoms with Gasteiger partial charge < -0.3 is 14.9 Å². The monoisotopic (exact) mass is 394 g/mol. The lowest BCUT2D eigenvalue weighted by Crippen LogP contribution is -2.61. The van der Waals surface area contributed by atoms with Crippen LogP contribution in [0.2, 0.25) is 0 Å². The first-order valence-corrected chi connectivity index (χ1v) is 10.9. The van der Waals surface area contributed by atoms with Crippen LogP contribution in [-0.4, -0.2) is 57.5 Å². The van der Waals surface area contributed by atoms with Crippen molar-refractivity contribution in [3.63, 3.8) is 0 Å². The molecule has 3 fully saturated rings. The summed E-state index contributed by atoms with van der Waals surface area (Å²) in [5.74, 6) is 0.600. The van der Waals surface area contributed by atoms with E-state index in [0.717, 1.165) is 31.6 Å². The van der Waals surface area contributed by atoms with E-state index in [9.17, 15) is 10.2 Å². The predicted octanol–water partition coefficient (Wildman–Crippen LogP) is 2.90. The van der Waals surface area contributed by atoms with Crippen molar-refractivity contribution in [2.45, 2.75) is 55.5 Å². The highest BCUT2D eigenvalue weighted by atomic mass is 16.5. The van der Waals surface area contributed by atoms with E-state index >= 15 is 0 Å². The molecule has 154 valence electrons. The minimum atomic E-state index is -0.982. The third kappa shape index (κ3) is 3.50. The molecule has 1 aliphatic carbocycles. The fourth-order valence-electron chi connectivity index (χ4n) is 5.83. The quantitative estimate of drug-likeness (QED) is 0.838. The van der Waals surface area contributed by atoms with Crippen molar-refractivity contribution < 1.29 is 14.9 Å². The number of hydrogen-bond donors (Lipinski definition) is 2. The normalized spacial score (nSPS) is 36.1. The van der Waals surface area contributed by atoms with E-state index in [1.54, 1.807) is 6.20 Å². The molecule has 2 aromatic rings. The number of aliphatic hydroxyl groups is 2. The lowest BCUT2D eigenvalue weighted by molar-refractivity contribution is -0.175. The Labute approximate surface area is 172 Å². The highest BCUT2D eigenvalue weighted by Gasteiger charge is 2.59. The number of hydrogen-bond acceptors (Lipinski definition) is 5. The molecule has 1 saturated carbocycles. The number of likely N-dealkylation sites (tertiary alicyclic amines) is 1. The van der Waals surface area contributed by atoms with Gasteiger partial charge in [0.2, 0.25) is 0 Å². The number of piperidine rings is 1. The molecule has 2 aliphatic heterocycles. The topological polar surface area (TPSA) is 65.8 Å². The second kappa shape index (κ2) is 7.80. The van der Waals surface area contributed by atoms with Gasteiger partial charge in [0.1, 0.15) is 5.60 Å². The Hall–Kier alpha value is -1.79. The summed E-state index contributed by atoms with van der Waals surface area (Å²) in [7, 11) is 0. The van der Waals surface area contributed by atoms with Gasteiger partial charge in [-0.25, -0.2) is 0 Å². The number of aliphatic hydroxyl groups excluding tert-OH is 1. The van der Waals surface area contributed by atoms with Crippen molar-refractivity contribution in [1.29, 1.82) is 0 Å². The molecule has 3 aliphatic rings. The van der Waals surface area contributed by atoms with Gasteiger partial charge in [-0.2, -0.15) is 0 Å². The van der Waals surface area contributed by atoms with Crippen molar-refractivity contribution in [3.05, 3.63) is 66.0 Å².